The third-order valence-corrected chi connectivity index (χ3v) is 5.37. The summed E-state index contributed by atoms with van der Waals surface area (Å²) in [6.45, 7) is 7.12. The minimum absolute atomic E-state index is 0.0923. The van der Waals surface area contributed by atoms with E-state index in [2.05, 4.69) is 45.0 Å². The predicted molar refractivity (Wildman–Crippen MR) is 112 cm³/mol. The third kappa shape index (κ3) is 5.93. The van der Waals surface area contributed by atoms with E-state index in [-0.39, 0.29) is 11.3 Å². The number of carbonyl (C=O) groups is 1. The summed E-state index contributed by atoms with van der Waals surface area (Å²) in [5, 5.41) is 0. The molecule has 0 atom stereocenters. The van der Waals surface area contributed by atoms with Crippen LogP contribution in [0.25, 0.3) is 0 Å². The van der Waals surface area contributed by atoms with Crippen molar-refractivity contribution in [3.63, 3.8) is 0 Å². The Morgan fingerprint density at radius 2 is 1.63 bits per heavy atom. The van der Waals surface area contributed by atoms with Crippen molar-refractivity contribution in [3.05, 3.63) is 53.6 Å². The summed E-state index contributed by atoms with van der Waals surface area (Å²) in [7, 11) is 5.04. The molecule has 27 heavy (non-hydrogen) atoms. The van der Waals surface area contributed by atoms with Gasteiger partial charge >= 0.3 is 0 Å². The van der Waals surface area contributed by atoms with Gasteiger partial charge < -0.3 is 14.4 Å². The standard InChI is InChI=1S/C22H29NO3S/c1-22(2,3)17-8-10-18(11-9-17)27-15-21(24)23(4)14-16-7-12-19(25-5)20(13-16)26-6/h7-13H,14-15H2,1-6H3. The van der Waals surface area contributed by atoms with E-state index in [1.165, 1.54) is 5.56 Å². The van der Waals surface area contributed by atoms with Gasteiger partial charge in [0.1, 0.15) is 0 Å². The zero-order chi connectivity index (χ0) is 20.0. The van der Waals surface area contributed by atoms with Crippen LogP contribution in [0.15, 0.2) is 47.4 Å². The van der Waals surface area contributed by atoms with Crippen LogP contribution >= 0.6 is 11.8 Å². The van der Waals surface area contributed by atoms with Crippen molar-refractivity contribution in [2.24, 2.45) is 0 Å². The molecule has 4 nitrogen and oxygen atoms in total. The lowest BCUT2D eigenvalue weighted by Gasteiger charge is -2.20. The lowest BCUT2D eigenvalue weighted by atomic mass is 9.87. The van der Waals surface area contributed by atoms with Crippen LogP contribution in [-0.2, 0) is 16.8 Å². The van der Waals surface area contributed by atoms with Crippen molar-refractivity contribution in [3.8, 4) is 11.5 Å². The monoisotopic (exact) mass is 387 g/mol. The smallest absolute Gasteiger partial charge is 0.232 e. The molecule has 2 aromatic rings. The number of methoxy groups -OCH3 is 2. The number of thioether (sulfide) groups is 1. The zero-order valence-corrected chi connectivity index (χ0v) is 17.9. The predicted octanol–water partition coefficient (Wildman–Crippen LogP) is 4.75. The van der Waals surface area contributed by atoms with E-state index in [9.17, 15) is 4.79 Å². The second-order valence-corrected chi connectivity index (χ2v) is 8.55. The zero-order valence-electron chi connectivity index (χ0n) is 17.0. The maximum atomic E-state index is 12.5. The highest BCUT2D eigenvalue weighted by atomic mass is 32.2. The van der Waals surface area contributed by atoms with Crippen LogP contribution in [0.3, 0.4) is 0 Å². The number of hydrogen-bond acceptors (Lipinski definition) is 4. The SMILES string of the molecule is COc1ccc(CN(C)C(=O)CSc2ccc(C(C)(C)C)cc2)cc1OC. The van der Waals surface area contributed by atoms with E-state index < -0.39 is 0 Å². The Labute approximate surface area is 166 Å². The Morgan fingerprint density at radius 3 is 2.19 bits per heavy atom. The van der Waals surface area contributed by atoms with Crippen LogP contribution in [0, 0.1) is 0 Å². The van der Waals surface area contributed by atoms with E-state index >= 15 is 0 Å². The fourth-order valence-corrected chi connectivity index (χ4v) is 3.49. The van der Waals surface area contributed by atoms with Gasteiger partial charge in [0.25, 0.3) is 0 Å². The lowest BCUT2D eigenvalue weighted by Crippen LogP contribution is -2.27. The molecule has 0 aromatic heterocycles. The Hall–Kier alpha value is -2.14. The van der Waals surface area contributed by atoms with Crippen LogP contribution in [0.1, 0.15) is 31.9 Å². The van der Waals surface area contributed by atoms with Crippen molar-refractivity contribution >= 4 is 17.7 Å². The fraction of sp³-hybridized carbons (Fsp3) is 0.409. The van der Waals surface area contributed by atoms with E-state index in [0.717, 1.165) is 10.5 Å². The summed E-state index contributed by atoms with van der Waals surface area (Å²) in [6.07, 6.45) is 0. The molecule has 2 rings (SSSR count). The molecule has 0 radical (unpaired) electrons. The summed E-state index contributed by atoms with van der Waals surface area (Å²) < 4.78 is 10.6. The topological polar surface area (TPSA) is 38.8 Å². The van der Waals surface area contributed by atoms with Crippen LogP contribution in [0.5, 0.6) is 11.5 Å². The molecule has 0 N–H and O–H groups in total. The Kier molecular flexibility index (Phi) is 7.19. The van der Waals surface area contributed by atoms with Crippen molar-refractivity contribution in [1.29, 1.82) is 0 Å². The molecule has 0 aliphatic rings. The lowest BCUT2D eigenvalue weighted by molar-refractivity contribution is -0.127. The molecule has 0 saturated carbocycles. The number of carbonyl (C=O) groups excluding carboxylic acids is 1. The molecule has 0 spiro atoms. The average Bonchev–Trinajstić information content (AvgIpc) is 2.65. The molecule has 0 unspecified atom stereocenters. The number of benzene rings is 2. The number of hydrogen-bond donors (Lipinski definition) is 0. The number of amides is 1. The van der Waals surface area contributed by atoms with Gasteiger partial charge in [0.15, 0.2) is 11.5 Å². The summed E-state index contributed by atoms with van der Waals surface area (Å²) in [5.74, 6) is 1.86. The van der Waals surface area contributed by atoms with Crippen LogP contribution < -0.4 is 9.47 Å². The maximum Gasteiger partial charge on any atom is 0.232 e. The average molecular weight is 388 g/mol. The molecule has 2 aromatic carbocycles. The summed E-state index contributed by atoms with van der Waals surface area (Å²) in [5.41, 5.74) is 2.44. The van der Waals surface area contributed by atoms with Crippen molar-refractivity contribution in [1.82, 2.24) is 4.90 Å². The van der Waals surface area contributed by atoms with Gasteiger partial charge in [-0.25, -0.2) is 0 Å². The number of rotatable bonds is 7. The van der Waals surface area contributed by atoms with Gasteiger partial charge in [-0.05, 0) is 40.8 Å². The number of nitrogens with zero attached hydrogens (tertiary/aromatic N) is 1. The highest BCUT2D eigenvalue weighted by molar-refractivity contribution is 8.00. The molecular weight excluding hydrogens is 358 g/mol. The molecule has 0 aliphatic heterocycles. The molecule has 0 fully saturated rings. The van der Waals surface area contributed by atoms with Gasteiger partial charge in [-0.15, -0.1) is 11.8 Å². The number of ether oxygens (including phenoxy) is 2. The molecule has 146 valence electrons. The van der Waals surface area contributed by atoms with Crippen LogP contribution in [-0.4, -0.2) is 37.8 Å². The van der Waals surface area contributed by atoms with E-state index in [4.69, 9.17) is 9.47 Å². The van der Waals surface area contributed by atoms with Gasteiger partial charge in [-0.1, -0.05) is 39.0 Å². The highest BCUT2D eigenvalue weighted by Gasteiger charge is 2.14. The highest BCUT2D eigenvalue weighted by Crippen LogP contribution is 2.28. The second kappa shape index (κ2) is 9.18. The maximum absolute atomic E-state index is 12.5. The molecule has 5 heteroatoms. The van der Waals surface area contributed by atoms with E-state index in [1.807, 2.05) is 25.2 Å². The first-order valence-corrected chi connectivity index (χ1v) is 9.91. The molecule has 0 bridgehead atoms. The summed E-state index contributed by atoms with van der Waals surface area (Å²) >= 11 is 1.56. The first kappa shape index (κ1) is 21.2. The minimum atomic E-state index is 0.0923. The fourth-order valence-electron chi connectivity index (χ4n) is 2.65. The Bertz CT molecular complexity index is 766. The summed E-state index contributed by atoms with van der Waals surface area (Å²) in [6, 6.07) is 14.2. The molecule has 0 heterocycles. The van der Waals surface area contributed by atoms with Gasteiger partial charge in [0, 0.05) is 18.5 Å². The van der Waals surface area contributed by atoms with Gasteiger partial charge in [-0.2, -0.15) is 0 Å². The molecule has 0 saturated heterocycles. The van der Waals surface area contributed by atoms with Crippen molar-refractivity contribution in [2.75, 3.05) is 27.0 Å². The van der Waals surface area contributed by atoms with E-state index in [1.54, 1.807) is 30.9 Å². The summed E-state index contributed by atoms with van der Waals surface area (Å²) in [4.78, 5) is 15.3. The largest absolute Gasteiger partial charge is 0.493 e. The third-order valence-electron chi connectivity index (χ3n) is 4.38. The molecule has 1 amide bonds. The molecular formula is C22H29NO3S. The van der Waals surface area contributed by atoms with Crippen LogP contribution in [0.4, 0.5) is 0 Å². The van der Waals surface area contributed by atoms with Gasteiger partial charge in [0.05, 0.1) is 20.0 Å². The van der Waals surface area contributed by atoms with Crippen molar-refractivity contribution in [2.45, 2.75) is 37.6 Å². The first-order valence-electron chi connectivity index (χ1n) is 8.93. The van der Waals surface area contributed by atoms with E-state index in [0.29, 0.717) is 23.8 Å². The first-order chi connectivity index (χ1) is 12.7. The van der Waals surface area contributed by atoms with Gasteiger partial charge in [0.2, 0.25) is 5.91 Å². The normalized spacial score (nSPS) is 11.2. The second-order valence-electron chi connectivity index (χ2n) is 7.50. The van der Waals surface area contributed by atoms with Crippen LogP contribution in [0.2, 0.25) is 0 Å². The minimum Gasteiger partial charge on any atom is -0.493 e. The Balaban J connectivity index is 1.92. The molecule has 0 aliphatic carbocycles. The quantitative estimate of drug-likeness (QED) is 0.643. The Morgan fingerprint density at radius 1 is 1.00 bits per heavy atom. The van der Waals surface area contributed by atoms with Crippen molar-refractivity contribution < 1.29 is 14.3 Å². The van der Waals surface area contributed by atoms with Gasteiger partial charge in [-0.3, -0.25) is 4.79 Å².